The van der Waals surface area contributed by atoms with Crippen LogP contribution in [0.5, 0.6) is 11.5 Å². The van der Waals surface area contributed by atoms with Crippen molar-refractivity contribution >= 4 is 17.2 Å². The summed E-state index contributed by atoms with van der Waals surface area (Å²) in [6, 6.07) is 6.65. The zero-order valence-corrected chi connectivity index (χ0v) is 13.0. The molecule has 1 aromatic carbocycles. The van der Waals surface area contributed by atoms with Crippen molar-refractivity contribution in [3.05, 3.63) is 46.5 Å². The first kappa shape index (κ1) is 15.0. The highest BCUT2D eigenvalue weighted by atomic mass is 32.1. The van der Waals surface area contributed by atoms with E-state index in [1.165, 1.54) is 7.11 Å². The summed E-state index contributed by atoms with van der Waals surface area (Å²) in [7, 11) is 1.52. The Labute approximate surface area is 135 Å². The fourth-order valence-electron chi connectivity index (χ4n) is 1.91. The SMILES string of the molecule is COc1ccc(C(N)=O)c(OCc2nc(-c3ccsc3)no2)c1. The van der Waals surface area contributed by atoms with Crippen LogP contribution >= 0.6 is 11.3 Å². The van der Waals surface area contributed by atoms with E-state index in [2.05, 4.69) is 10.1 Å². The van der Waals surface area contributed by atoms with Gasteiger partial charge in [0.25, 0.3) is 11.8 Å². The number of nitrogens with zero attached hydrogens (tertiary/aromatic N) is 2. The number of hydrogen-bond acceptors (Lipinski definition) is 7. The number of aromatic nitrogens is 2. The molecule has 0 aliphatic carbocycles. The molecule has 2 heterocycles. The van der Waals surface area contributed by atoms with Crippen LogP contribution in [0.4, 0.5) is 0 Å². The maximum atomic E-state index is 11.4. The molecule has 118 valence electrons. The van der Waals surface area contributed by atoms with Crippen molar-refractivity contribution in [3.8, 4) is 22.9 Å². The summed E-state index contributed by atoms with van der Waals surface area (Å²) < 4.78 is 15.8. The summed E-state index contributed by atoms with van der Waals surface area (Å²) >= 11 is 1.54. The molecular formula is C15H13N3O4S. The third-order valence-corrected chi connectivity index (χ3v) is 3.74. The quantitative estimate of drug-likeness (QED) is 0.745. The van der Waals surface area contributed by atoms with Crippen molar-refractivity contribution in [3.63, 3.8) is 0 Å². The average Bonchev–Trinajstić information content (AvgIpc) is 3.23. The minimum Gasteiger partial charge on any atom is -0.497 e. The molecule has 0 aliphatic rings. The predicted octanol–water partition coefficient (Wildman–Crippen LogP) is 2.48. The van der Waals surface area contributed by atoms with Crippen LogP contribution in [0.3, 0.4) is 0 Å². The second-order valence-corrected chi connectivity index (χ2v) is 5.32. The number of carbonyl (C=O) groups excluding carboxylic acids is 1. The molecule has 0 atom stereocenters. The lowest BCUT2D eigenvalue weighted by Crippen LogP contribution is -2.13. The second kappa shape index (κ2) is 6.49. The highest BCUT2D eigenvalue weighted by Gasteiger charge is 2.14. The normalized spacial score (nSPS) is 10.5. The van der Waals surface area contributed by atoms with Gasteiger partial charge in [-0.25, -0.2) is 0 Å². The zero-order valence-electron chi connectivity index (χ0n) is 12.2. The van der Waals surface area contributed by atoms with Crippen LogP contribution < -0.4 is 15.2 Å². The summed E-state index contributed by atoms with van der Waals surface area (Å²) in [5.41, 5.74) is 6.47. The Hall–Kier alpha value is -2.87. The summed E-state index contributed by atoms with van der Waals surface area (Å²) in [6.45, 7) is 0.0184. The minimum absolute atomic E-state index is 0.0184. The Kier molecular flexibility index (Phi) is 4.24. The molecule has 2 N–H and O–H groups in total. The van der Waals surface area contributed by atoms with Gasteiger partial charge in [-0.15, -0.1) is 0 Å². The Bertz CT molecular complexity index is 814. The van der Waals surface area contributed by atoms with E-state index in [-0.39, 0.29) is 12.2 Å². The summed E-state index contributed by atoms with van der Waals surface area (Å²) in [4.78, 5) is 15.7. The van der Waals surface area contributed by atoms with Gasteiger partial charge in [0, 0.05) is 17.0 Å². The number of carbonyl (C=O) groups is 1. The zero-order chi connectivity index (χ0) is 16.2. The van der Waals surface area contributed by atoms with Gasteiger partial charge in [-0.05, 0) is 23.6 Å². The van der Waals surface area contributed by atoms with Crippen LogP contribution in [-0.2, 0) is 6.61 Å². The molecule has 23 heavy (non-hydrogen) atoms. The Morgan fingerprint density at radius 3 is 2.96 bits per heavy atom. The van der Waals surface area contributed by atoms with Crippen LogP contribution in [0.1, 0.15) is 16.2 Å². The van der Waals surface area contributed by atoms with E-state index < -0.39 is 5.91 Å². The lowest BCUT2D eigenvalue weighted by molar-refractivity contribution is 0.0995. The van der Waals surface area contributed by atoms with Crippen molar-refractivity contribution in [1.82, 2.24) is 10.1 Å². The van der Waals surface area contributed by atoms with Gasteiger partial charge >= 0.3 is 0 Å². The van der Waals surface area contributed by atoms with Crippen LogP contribution in [0.25, 0.3) is 11.4 Å². The molecule has 0 saturated carbocycles. The molecule has 0 fully saturated rings. The molecule has 0 unspecified atom stereocenters. The van der Waals surface area contributed by atoms with E-state index in [0.717, 1.165) is 5.56 Å². The average molecular weight is 331 g/mol. The van der Waals surface area contributed by atoms with Crippen molar-refractivity contribution in [2.24, 2.45) is 5.73 Å². The van der Waals surface area contributed by atoms with Gasteiger partial charge in [-0.1, -0.05) is 5.16 Å². The molecule has 3 aromatic rings. The third kappa shape index (κ3) is 3.32. The number of rotatable bonds is 6. The first-order valence-corrected chi connectivity index (χ1v) is 7.57. The molecule has 3 rings (SSSR count). The van der Waals surface area contributed by atoms with E-state index >= 15 is 0 Å². The van der Waals surface area contributed by atoms with Crippen LogP contribution in [0.15, 0.2) is 39.5 Å². The number of ether oxygens (including phenoxy) is 2. The highest BCUT2D eigenvalue weighted by molar-refractivity contribution is 7.08. The molecule has 2 aromatic heterocycles. The monoisotopic (exact) mass is 331 g/mol. The number of amides is 1. The van der Waals surface area contributed by atoms with Crippen molar-refractivity contribution in [2.45, 2.75) is 6.61 Å². The van der Waals surface area contributed by atoms with Gasteiger partial charge in [-0.2, -0.15) is 16.3 Å². The van der Waals surface area contributed by atoms with Gasteiger partial charge in [0.15, 0.2) is 6.61 Å². The maximum Gasteiger partial charge on any atom is 0.264 e. The molecule has 0 saturated heterocycles. The highest BCUT2D eigenvalue weighted by Crippen LogP contribution is 2.25. The topological polar surface area (TPSA) is 100 Å². The fourth-order valence-corrected chi connectivity index (χ4v) is 2.55. The number of primary amides is 1. The number of hydrogen-bond donors (Lipinski definition) is 1. The standard InChI is InChI=1S/C15H13N3O4S/c1-20-10-2-3-11(14(16)19)12(6-10)21-7-13-17-15(18-22-13)9-4-5-23-8-9/h2-6,8H,7H2,1H3,(H2,16,19). The largest absolute Gasteiger partial charge is 0.497 e. The molecule has 0 spiro atoms. The van der Waals surface area contributed by atoms with Gasteiger partial charge in [-0.3, -0.25) is 4.79 Å². The Morgan fingerprint density at radius 1 is 1.39 bits per heavy atom. The number of methoxy groups -OCH3 is 1. The lowest BCUT2D eigenvalue weighted by Gasteiger charge is -2.09. The van der Waals surface area contributed by atoms with Gasteiger partial charge in [0.2, 0.25) is 5.82 Å². The summed E-state index contributed by atoms with van der Waals surface area (Å²) in [6.07, 6.45) is 0. The molecule has 0 bridgehead atoms. The Morgan fingerprint density at radius 2 is 2.26 bits per heavy atom. The molecular weight excluding hydrogens is 318 g/mol. The van der Waals surface area contributed by atoms with E-state index in [4.69, 9.17) is 19.7 Å². The first-order chi connectivity index (χ1) is 11.2. The van der Waals surface area contributed by atoms with Gasteiger partial charge in [0.1, 0.15) is 11.5 Å². The van der Waals surface area contributed by atoms with Gasteiger partial charge in [0.05, 0.1) is 12.7 Å². The minimum atomic E-state index is -0.591. The summed E-state index contributed by atoms with van der Waals surface area (Å²) in [5, 5.41) is 7.73. The van der Waals surface area contributed by atoms with E-state index in [1.807, 2.05) is 16.8 Å². The molecule has 7 nitrogen and oxygen atoms in total. The molecule has 1 amide bonds. The molecule has 8 heteroatoms. The number of benzene rings is 1. The number of thiophene rings is 1. The lowest BCUT2D eigenvalue weighted by atomic mass is 10.2. The fraction of sp³-hybridized carbons (Fsp3) is 0.133. The van der Waals surface area contributed by atoms with Crippen molar-refractivity contribution in [2.75, 3.05) is 7.11 Å². The van der Waals surface area contributed by atoms with Crippen molar-refractivity contribution < 1.29 is 18.8 Å². The van der Waals surface area contributed by atoms with Crippen LogP contribution in [0.2, 0.25) is 0 Å². The third-order valence-electron chi connectivity index (χ3n) is 3.05. The van der Waals surface area contributed by atoms with E-state index in [9.17, 15) is 4.79 Å². The molecule has 0 radical (unpaired) electrons. The second-order valence-electron chi connectivity index (χ2n) is 4.54. The van der Waals surface area contributed by atoms with Crippen LogP contribution in [-0.4, -0.2) is 23.2 Å². The number of nitrogens with two attached hydrogens (primary N) is 1. The first-order valence-electron chi connectivity index (χ1n) is 6.63. The Balaban J connectivity index is 1.76. The van der Waals surface area contributed by atoms with Crippen LogP contribution in [0, 0.1) is 0 Å². The van der Waals surface area contributed by atoms with E-state index in [1.54, 1.807) is 29.5 Å². The smallest absolute Gasteiger partial charge is 0.264 e. The molecule has 0 aliphatic heterocycles. The summed E-state index contributed by atoms with van der Waals surface area (Å²) in [5.74, 6) is 1.05. The van der Waals surface area contributed by atoms with Crippen molar-refractivity contribution in [1.29, 1.82) is 0 Å². The maximum absolute atomic E-state index is 11.4. The predicted molar refractivity (Wildman–Crippen MR) is 83.5 cm³/mol. The van der Waals surface area contributed by atoms with E-state index in [0.29, 0.717) is 23.2 Å². The van der Waals surface area contributed by atoms with Gasteiger partial charge < -0.3 is 19.7 Å².